The van der Waals surface area contributed by atoms with Gasteiger partial charge in [0, 0.05) is 0 Å². The van der Waals surface area contributed by atoms with E-state index >= 15 is 0 Å². The van der Waals surface area contributed by atoms with E-state index in [1.165, 1.54) is 0 Å². The van der Waals surface area contributed by atoms with Crippen molar-refractivity contribution in [3.05, 3.63) is 47.5 Å². The van der Waals surface area contributed by atoms with Gasteiger partial charge in [-0.25, -0.2) is 4.39 Å². The molecule has 70 valence electrons. The van der Waals surface area contributed by atoms with Gasteiger partial charge in [0.15, 0.2) is 0 Å². The lowest BCUT2D eigenvalue weighted by atomic mass is 10.1. The average molecular weight is 207 g/mol. The molecule has 0 heterocycles. The number of alkyl halides is 2. The van der Waals surface area contributed by atoms with E-state index in [1.54, 1.807) is 0 Å². The molecule has 14 heavy (non-hydrogen) atoms. The second kappa shape index (κ2) is 2.71. The first-order valence-electron chi connectivity index (χ1n) is 4.59. The zero-order valence-corrected chi connectivity index (χ0v) is 8.13. The normalized spacial score (nSPS) is 24.4. The minimum absolute atomic E-state index is 0.517. The monoisotopic (exact) mass is 206 g/mol. The van der Waals surface area contributed by atoms with Crippen LogP contribution in [0, 0.1) is 0 Å². The van der Waals surface area contributed by atoms with Crippen molar-refractivity contribution in [2.24, 2.45) is 0 Å². The van der Waals surface area contributed by atoms with Crippen molar-refractivity contribution in [1.82, 2.24) is 0 Å². The average Bonchev–Trinajstić information content (AvgIpc) is 2.47. The highest BCUT2D eigenvalue weighted by Crippen LogP contribution is 2.49. The Morgan fingerprint density at radius 3 is 2.36 bits per heavy atom. The first kappa shape index (κ1) is 8.25. The van der Waals surface area contributed by atoms with Crippen molar-refractivity contribution in [3.63, 3.8) is 0 Å². The third-order valence-corrected chi connectivity index (χ3v) is 3.28. The fourth-order valence-corrected chi connectivity index (χ4v) is 2.49. The highest BCUT2D eigenvalue weighted by molar-refractivity contribution is 6.23. The van der Waals surface area contributed by atoms with Crippen molar-refractivity contribution in [2.45, 2.75) is 11.5 Å². The molecule has 0 aliphatic heterocycles. The van der Waals surface area contributed by atoms with Crippen LogP contribution in [-0.4, -0.2) is 0 Å². The summed E-state index contributed by atoms with van der Waals surface area (Å²) in [6.07, 6.45) is -1.06. The molecule has 2 aromatic carbocycles. The summed E-state index contributed by atoms with van der Waals surface area (Å²) in [5, 5.41) is 1.56. The molecule has 0 N–H and O–H groups in total. The first-order valence-corrected chi connectivity index (χ1v) is 5.02. The molecule has 2 aromatic rings. The second-order valence-electron chi connectivity index (χ2n) is 3.60. The predicted molar refractivity (Wildman–Crippen MR) is 56.4 cm³/mol. The lowest BCUT2D eigenvalue weighted by Gasteiger charge is -2.04. The maximum absolute atomic E-state index is 13.8. The van der Waals surface area contributed by atoms with Crippen molar-refractivity contribution in [2.75, 3.05) is 0 Å². The Bertz CT molecular complexity index is 464. The van der Waals surface area contributed by atoms with Crippen LogP contribution in [0.25, 0.3) is 10.8 Å². The molecule has 0 spiro atoms. The molecule has 0 fully saturated rings. The maximum Gasteiger partial charge on any atom is 0.146 e. The molecular formula is C12H8ClF. The number of halogens is 2. The third kappa shape index (κ3) is 0.881. The summed E-state index contributed by atoms with van der Waals surface area (Å²) in [5.41, 5.74) is 1.66. The number of hydrogen-bond acceptors (Lipinski definition) is 0. The van der Waals surface area contributed by atoms with Crippen LogP contribution in [0.2, 0.25) is 0 Å². The van der Waals surface area contributed by atoms with E-state index in [0.29, 0.717) is 0 Å². The van der Waals surface area contributed by atoms with E-state index in [0.717, 1.165) is 21.9 Å². The zero-order valence-electron chi connectivity index (χ0n) is 7.37. The fourth-order valence-electron chi connectivity index (χ4n) is 2.17. The van der Waals surface area contributed by atoms with Crippen molar-refractivity contribution in [3.8, 4) is 0 Å². The number of hydrogen-bond donors (Lipinski definition) is 0. The van der Waals surface area contributed by atoms with Crippen LogP contribution < -0.4 is 0 Å². The van der Waals surface area contributed by atoms with Crippen LogP contribution in [0.1, 0.15) is 22.7 Å². The minimum atomic E-state index is -1.06. The van der Waals surface area contributed by atoms with Crippen LogP contribution in [-0.2, 0) is 0 Å². The van der Waals surface area contributed by atoms with Gasteiger partial charge in [-0.05, 0) is 21.9 Å². The summed E-state index contributed by atoms with van der Waals surface area (Å²) in [6, 6.07) is 11.5. The zero-order chi connectivity index (χ0) is 9.71. The summed E-state index contributed by atoms with van der Waals surface area (Å²) >= 11 is 6.02. The summed E-state index contributed by atoms with van der Waals surface area (Å²) < 4.78 is 13.8. The van der Waals surface area contributed by atoms with Gasteiger partial charge in [0.2, 0.25) is 0 Å². The molecule has 2 atom stereocenters. The Hall–Kier alpha value is -1.08. The minimum Gasteiger partial charge on any atom is -0.240 e. The van der Waals surface area contributed by atoms with Gasteiger partial charge in [0.05, 0.1) is 5.38 Å². The fraction of sp³-hybridized carbons (Fsp3) is 0.167. The number of benzene rings is 2. The molecule has 0 radical (unpaired) electrons. The molecule has 0 aromatic heterocycles. The van der Waals surface area contributed by atoms with Gasteiger partial charge in [0.25, 0.3) is 0 Å². The van der Waals surface area contributed by atoms with Gasteiger partial charge in [-0.3, -0.25) is 0 Å². The molecule has 0 nitrogen and oxygen atoms in total. The lowest BCUT2D eigenvalue weighted by molar-refractivity contribution is 0.345. The van der Waals surface area contributed by atoms with Crippen LogP contribution in [0.3, 0.4) is 0 Å². The van der Waals surface area contributed by atoms with Gasteiger partial charge in [0.1, 0.15) is 6.17 Å². The Morgan fingerprint density at radius 1 is 1.00 bits per heavy atom. The van der Waals surface area contributed by atoms with Gasteiger partial charge in [-0.15, -0.1) is 11.6 Å². The van der Waals surface area contributed by atoms with Crippen LogP contribution in [0.4, 0.5) is 4.39 Å². The molecule has 0 amide bonds. The van der Waals surface area contributed by atoms with Crippen LogP contribution in [0.15, 0.2) is 36.4 Å². The van der Waals surface area contributed by atoms with Gasteiger partial charge in [-0.2, -0.15) is 0 Å². The molecular weight excluding hydrogens is 199 g/mol. The largest absolute Gasteiger partial charge is 0.240 e. The summed E-state index contributed by atoms with van der Waals surface area (Å²) in [7, 11) is 0. The van der Waals surface area contributed by atoms with Crippen molar-refractivity contribution >= 4 is 22.4 Å². The van der Waals surface area contributed by atoms with Crippen LogP contribution >= 0.6 is 11.6 Å². The Labute approximate surface area is 86.3 Å². The SMILES string of the molecule is FC1c2cccc3cccc(c23)C1Cl. The van der Waals surface area contributed by atoms with E-state index in [4.69, 9.17) is 11.6 Å². The Balaban J connectivity index is 2.49. The van der Waals surface area contributed by atoms with Crippen LogP contribution in [0.5, 0.6) is 0 Å². The van der Waals surface area contributed by atoms with E-state index < -0.39 is 11.5 Å². The van der Waals surface area contributed by atoms with E-state index in [9.17, 15) is 4.39 Å². The molecule has 0 bridgehead atoms. The Kier molecular flexibility index (Phi) is 1.59. The highest BCUT2D eigenvalue weighted by Gasteiger charge is 2.32. The summed E-state index contributed by atoms with van der Waals surface area (Å²) in [6.45, 7) is 0. The van der Waals surface area contributed by atoms with E-state index in [2.05, 4.69) is 0 Å². The second-order valence-corrected chi connectivity index (χ2v) is 4.07. The molecule has 2 heteroatoms. The molecule has 0 saturated heterocycles. The van der Waals surface area contributed by atoms with Gasteiger partial charge >= 0.3 is 0 Å². The first-order chi connectivity index (χ1) is 6.79. The third-order valence-electron chi connectivity index (χ3n) is 2.82. The summed E-state index contributed by atoms with van der Waals surface area (Å²) in [4.78, 5) is 0. The van der Waals surface area contributed by atoms with Crippen molar-refractivity contribution in [1.29, 1.82) is 0 Å². The molecule has 2 unspecified atom stereocenters. The molecule has 1 aliphatic rings. The molecule has 3 rings (SSSR count). The van der Waals surface area contributed by atoms with Gasteiger partial charge in [-0.1, -0.05) is 36.4 Å². The highest BCUT2D eigenvalue weighted by atomic mass is 35.5. The predicted octanol–water partition coefficient (Wildman–Crippen LogP) is 4.14. The number of rotatable bonds is 0. The van der Waals surface area contributed by atoms with E-state index in [1.807, 2.05) is 36.4 Å². The lowest BCUT2D eigenvalue weighted by Crippen LogP contribution is -1.90. The summed E-state index contributed by atoms with van der Waals surface area (Å²) in [5.74, 6) is 0. The molecule has 0 saturated carbocycles. The molecule has 1 aliphatic carbocycles. The maximum atomic E-state index is 13.8. The quantitative estimate of drug-likeness (QED) is 0.569. The standard InChI is InChI=1S/C12H8ClF/c13-11-8-5-1-3-7-4-2-6-9(10(7)8)12(11)14/h1-6,11-12H. The Morgan fingerprint density at radius 2 is 1.64 bits per heavy atom. The van der Waals surface area contributed by atoms with Crippen molar-refractivity contribution < 1.29 is 4.39 Å². The smallest absolute Gasteiger partial charge is 0.146 e. The van der Waals surface area contributed by atoms with Gasteiger partial charge < -0.3 is 0 Å². The van der Waals surface area contributed by atoms with E-state index in [-0.39, 0.29) is 0 Å². The topological polar surface area (TPSA) is 0 Å².